The SMILES string of the molecule is O=C(NS(=O)(=O)Oc1ccccc1)OCC1CCCN2CCCCC12. The lowest BCUT2D eigenvalue weighted by Gasteiger charge is -2.44. The number of carbonyl (C=O) groups is 1. The Hall–Kier alpha value is -1.80. The Morgan fingerprint density at radius 3 is 2.68 bits per heavy atom. The van der Waals surface area contributed by atoms with Gasteiger partial charge in [-0.15, -0.1) is 0 Å². The summed E-state index contributed by atoms with van der Waals surface area (Å²) in [7, 11) is -4.25. The van der Waals surface area contributed by atoms with E-state index in [0.29, 0.717) is 6.04 Å². The van der Waals surface area contributed by atoms with Crippen LogP contribution < -0.4 is 8.91 Å². The van der Waals surface area contributed by atoms with Gasteiger partial charge in [0.1, 0.15) is 5.75 Å². The van der Waals surface area contributed by atoms with E-state index in [1.165, 1.54) is 25.0 Å². The predicted molar refractivity (Wildman–Crippen MR) is 92.4 cm³/mol. The lowest BCUT2D eigenvalue weighted by atomic mass is 9.84. The van der Waals surface area contributed by atoms with E-state index in [-0.39, 0.29) is 18.3 Å². The van der Waals surface area contributed by atoms with Gasteiger partial charge in [0.25, 0.3) is 0 Å². The van der Waals surface area contributed by atoms with Crippen LogP contribution in [0.5, 0.6) is 5.75 Å². The van der Waals surface area contributed by atoms with Crippen LogP contribution in [0.3, 0.4) is 0 Å². The van der Waals surface area contributed by atoms with Gasteiger partial charge in [0.15, 0.2) is 0 Å². The molecule has 0 bridgehead atoms. The lowest BCUT2D eigenvalue weighted by Crippen LogP contribution is -2.49. The van der Waals surface area contributed by atoms with Crippen molar-refractivity contribution in [3.05, 3.63) is 30.3 Å². The van der Waals surface area contributed by atoms with Crippen molar-refractivity contribution in [3.8, 4) is 5.75 Å². The molecule has 2 heterocycles. The largest absolute Gasteiger partial charge is 0.448 e. The highest BCUT2D eigenvalue weighted by atomic mass is 32.2. The number of para-hydroxylation sites is 1. The third-order valence-electron chi connectivity index (χ3n) is 4.81. The van der Waals surface area contributed by atoms with Crippen molar-refractivity contribution in [1.29, 1.82) is 0 Å². The summed E-state index contributed by atoms with van der Waals surface area (Å²) in [5.41, 5.74) is 0. The van der Waals surface area contributed by atoms with Crippen molar-refractivity contribution in [2.45, 2.75) is 38.1 Å². The molecule has 0 saturated carbocycles. The fourth-order valence-corrected chi connectivity index (χ4v) is 4.38. The van der Waals surface area contributed by atoms with Crippen LogP contribution in [0.25, 0.3) is 0 Å². The highest BCUT2D eigenvalue weighted by molar-refractivity contribution is 7.85. The Morgan fingerprint density at radius 1 is 1.12 bits per heavy atom. The molecular weight excluding hydrogens is 344 g/mol. The number of nitrogens with one attached hydrogen (secondary N) is 1. The summed E-state index contributed by atoms with van der Waals surface area (Å²) in [4.78, 5) is 14.3. The molecule has 2 aliphatic rings. The molecule has 2 unspecified atom stereocenters. The van der Waals surface area contributed by atoms with Gasteiger partial charge in [-0.25, -0.2) is 4.79 Å². The highest BCUT2D eigenvalue weighted by Gasteiger charge is 2.33. The van der Waals surface area contributed by atoms with Gasteiger partial charge in [-0.1, -0.05) is 24.6 Å². The van der Waals surface area contributed by atoms with E-state index in [9.17, 15) is 13.2 Å². The van der Waals surface area contributed by atoms with E-state index in [1.807, 2.05) is 0 Å². The third kappa shape index (κ3) is 5.09. The van der Waals surface area contributed by atoms with E-state index in [2.05, 4.69) is 4.90 Å². The second-order valence-corrected chi connectivity index (χ2v) is 7.83. The summed E-state index contributed by atoms with van der Waals surface area (Å²) >= 11 is 0. The first kappa shape index (κ1) is 18.0. The minimum Gasteiger partial charge on any atom is -0.448 e. The molecule has 138 valence electrons. The molecule has 0 spiro atoms. The van der Waals surface area contributed by atoms with E-state index < -0.39 is 16.4 Å². The number of amides is 1. The molecule has 2 saturated heterocycles. The molecule has 2 atom stereocenters. The Balaban J connectivity index is 1.48. The standard InChI is InChI=1S/C17H24N2O5S/c20-17(18-25(21,22)24-15-8-2-1-3-9-15)23-13-14-7-6-12-19-11-5-4-10-16(14)19/h1-3,8-9,14,16H,4-7,10-13H2,(H,18,20). The molecule has 1 aromatic rings. The Morgan fingerprint density at radius 2 is 1.88 bits per heavy atom. The molecule has 8 heteroatoms. The molecule has 1 amide bonds. The number of ether oxygens (including phenoxy) is 1. The maximum atomic E-state index is 11.8. The average molecular weight is 368 g/mol. The van der Waals surface area contributed by atoms with E-state index in [0.717, 1.165) is 32.4 Å². The van der Waals surface area contributed by atoms with E-state index >= 15 is 0 Å². The second kappa shape index (κ2) is 8.05. The van der Waals surface area contributed by atoms with Gasteiger partial charge in [0, 0.05) is 12.0 Å². The van der Waals surface area contributed by atoms with E-state index in [1.54, 1.807) is 22.9 Å². The molecule has 1 aromatic carbocycles. The van der Waals surface area contributed by atoms with Crippen LogP contribution in [0.4, 0.5) is 4.79 Å². The summed E-state index contributed by atoms with van der Waals surface area (Å²) in [5.74, 6) is 0.394. The number of fused-ring (bicyclic) bond motifs is 1. The maximum absolute atomic E-state index is 11.8. The normalized spacial score (nSPS) is 24.2. The number of carbonyl (C=O) groups excluding carboxylic acids is 1. The molecule has 0 aromatic heterocycles. The molecule has 25 heavy (non-hydrogen) atoms. The molecular formula is C17H24N2O5S. The van der Waals surface area contributed by atoms with Gasteiger partial charge in [0.05, 0.1) is 6.61 Å². The van der Waals surface area contributed by atoms with Crippen LogP contribution in [0, 0.1) is 5.92 Å². The quantitative estimate of drug-likeness (QED) is 0.858. The van der Waals surface area contributed by atoms with Crippen molar-refractivity contribution in [2.24, 2.45) is 5.92 Å². The molecule has 2 aliphatic heterocycles. The topological polar surface area (TPSA) is 84.9 Å². The Kier molecular flexibility index (Phi) is 5.80. The molecule has 7 nitrogen and oxygen atoms in total. The molecule has 0 aliphatic carbocycles. The Bertz CT molecular complexity index is 678. The first-order valence-electron chi connectivity index (χ1n) is 8.71. The van der Waals surface area contributed by atoms with Crippen LogP contribution >= 0.6 is 0 Å². The number of hydrogen-bond donors (Lipinski definition) is 1. The fraction of sp³-hybridized carbons (Fsp3) is 0.588. The molecule has 1 N–H and O–H groups in total. The number of benzene rings is 1. The van der Waals surface area contributed by atoms with Gasteiger partial charge < -0.3 is 8.92 Å². The number of hydrogen-bond acceptors (Lipinski definition) is 6. The van der Waals surface area contributed by atoms with Crippen molar-refractivity contribution < 1.29 is 22.1 Å². The first-order valence-corrected chi connectivity index (χ1v) is 10.1. The van der Waals surface area contributed by atoms with Crippen molar-refractivity contribution in [2.75, 3.05) is 19.7 Å². The fourth-order valence-electron chi connectivity index (χ4n) is 3.71. The van der Waals surface area contributed by atoms with Crippen LogP contribution in [0.1, 0.15) is 32.1 Å². The zero-order chi connectivity index (χ0) is 17.7. The Labute approximate surface area is 148 Å². The van der Waals surface area contributed by atoms with Crippen LogP contribution in [-0.2, 0) is 15.0 Å². The first-order chi connectivity index (χ1) is 12.0. The summed E-state index contributed by atoms with van der Waals surface area (Å²) in [6.45, 7) is 2.44. The zero-order valence-corrected chi connectivity index (χ0v) is 14.9. The summed E-state index contributed by atoms with van der Waals surface area (Å²) in [6, 6.07) is 8.44. The van der Waals surface area contributed by atoms with Crippen LogP contribution in [0.2, 0.25) is 0 Å². The van der Waals surface area contributed by atoms with Crippen LogP contribution in [0.15, 0.2) is 30.3 Å². The number of rotatable bonds is 5. The van der Waals surface area contributed by atoms with Crippen molar-refractivity contribution in [1.82, 2.24) is 9.62 Å². The summed E-state index contributed by atoms with van der Waals surface area (Å²) in [6.07, 6.45) is 4.63. The minimum absolute atomic E-state index is 0.132. The molecule has 0 radical (unpaired) electrons. The lowest BCUT2D eigenvalue weighted by molar-refractivity contribution is 0.0244. The number of piperidine rings is 2. The van der Waals surface area contributed by atoms with Gasteiger partial charge in [-0.2, -0.15) is 13.1 Å². The second-order valence-electron chi connectivity index (χ2n) is 6.55. The monoisotopic (exact) mass is 368 g/mol. The van der Waals surface area contributed by atoms with Crippen molar-refractivity contribution >= 4 is 16.4 Å². The summed E-state index contributed by atoms with van der Waals surface area (Å²) in [5, 5.41) is 0. The number of nitrogens with zero attached hydrogens (tertiary/aromatic N) is 1. The zero-order valence-electron chi connectivity index (χ0n) is 14.1. The van der Waals surface area contributed by atoms with Gasteiger partial charge in [-0.3, -0.25) is 4.90 Å². The average Bonchev–Trinajstić information content (AvgIpc) is 2.60. The maximum Gasteiger partial charge on any atom is 0.423 e. The van der Waals surface area contributed by atoms with Gasteiger partial charge in [0.2, 0.25) is 0 Å². The van der Waals surface area contributed by atoms with Gasteiger partial charge in [-0.05, 0) is 50.9 Å². The van der Waals surface area contributed by atoms with Gasteiger partial charge >= 0.3 is 16.4 Å². The minimum atomic E-state index is -4.25. The molecule has 2 fully saturated rings. The molecule has 3 rings (SSSR count). The van der Waals surface area contributed by atoms with Crippen molar-refractivity contribution in [3.63, 3.8) is 0 Å². The third-order valence-corrected chi connectivity index (χ3v) is 5.64. The summed E-state index contributed by atoms with van der Waals surface area (Å²) < 4.78 is 35.5. The smallest absolute Gasteiger partial charge is 0.423 e. The van der Waals surface area contributed by atoms with E-state index in [4.69, 9.17) is 8.92 Å². The van der Waals surface area contributed by atoms with Crippen LogP contribution in [-0.4, -0.2) is 45.1 Å². The highest BCUT2D eigenvalue weighted by Crippen LogP contribution is 2.30. The predicted octanol–water partition coefficient (Wildman–Crippen LogP) is 2.30.